The van der Waals surface area contributed by atoms with E-state index in [1.165, 1.54) is 12.3 Å². The summed E-state index contributed by atoms with van der Waals surface area (Å²) in [6.45, 7) is -0.0465. The molecule has 3 N–H and O–H groups in total. The van der Waals surface area contributed by atoms with Crippen LogP contribution >= 0.6 is 0 Å². The third-order valence-corrected chi connectivity index (χ3v) is 2.40. The standard InChI is InChI=1S/C12H11F2N3O/c13-7-1-2-9(14)8(5-7)10-3-4-16-12(17-10)11(18)6-15/h1-5,11,18H,6,15H2. The van der Waals surface area contributed by atoms with E-state index in [0.717, 1.165) is 18.2 Å². The van der Waals surface area contributed by atoms with Crippen LogP contribution in [0.5, 0.6) is 0 Å². The van der Waals surface area contributed by atoms with Crippen LogP contribution in [0.2, 0.25) is 0 Å². The minimum atomic E-state index is -1.03. The van der Waals surface area contributed by atoms with Gasteiger partial charge in [0, 0.05) is 18.3 Å². The highest BCUT2D eigenvalue weighted by molar-refractivity contribution is 5.59. The van der Waals surface area contributed by atoms with Gasteiger partial charge in [0.25, 0.3) is 0 Å². The second-order valence-electron chi connectivity index (χ2n) is 3.68. The highest BCUT2D eigenvalue weighted by atomic mass is 19.1. The van der Waals surface area contributed by atoms with Gasteiger partial charge in [-0.25, -0.2) is 18.7 Å². The molecule has 0 aliphatic rings. The van der Waals surface area contributed by atoms with Gasteiger partial charge in [0.1, 0.15) is 17.7 Å². The van der Waals surface area contributed by atoms with Crippen molar-refractivity contribution in [2.45, 2.75) is 6.10 Å². The summed E-state index contributed by atoms with van der Waals surface area (Å²) < 4.78 is 26.6. The maximum absolute atomic E-state index is 13.6. The molecule has 0 spiro atoms. The Kier molecular flexibility index (Phi) is 3.59. The van der Waals surface area contributed by atoms with Crippen molar-refractivity contribution >= 4 is 0 Å². The molecule has 0 saturated carbocycles. The van der Waals surface area contributed by atoms with Crippen molar-refractivity contribution in [3.8, 4) is 11.3 Å². The molecular formula is C12H11F2N3O. The first kappa shape index (κ1) is 12.5. The number of hydrogen-bond acceptors (Lipinski definition) is 4. The number of aliphatic hydroxyl groups excluding tert-OH is 1. The number of nitrogens with two attached hydrogens (primary N) is 1. The van der Waals surface area contributed by atoms with E-state index in [9.17, 15) is 13.9 Å². The van der Waals surface area contributed by atoms with E-state index in [1.54, 1.807) is 0 Å². The minimum absolute atomic E-state index is 0.0165. The van der Waals surface area contributed by atoms with E-state index < -0.39 is 17.7 Å². The Balaban J connectivity index is 2.47. The molecule has 2 rings (SSSR count). The zero-order valence-corrected chi connectivity index (χ0v) is 9.35. The van der Waals surface area contributed by atoms with Crippen LogP contribution in [0.3, 0.4) is 0 Å². The van der Waals surface area contributed by atoms with Crippen LogP contribution in [-0.4, -0.2) is 21.6 Å². The third-order valence-electron chi connectivity index (χ3n) is 2.40. The minimum Gasteiger partial charge on any atom is -0.384 e. The first-order valence-corrected chi connectivity index (χ1v) is 5.28. The molecule has 0 radical (unpaired) electrons. The highest BCUT2D eigenvalue weighted by Crippen LogP contribution is 2.22. The summed E-state index contributed by atoms with van der Waals surface area (Å²) in [4.78, 5) is 7.80. The molecule has 18 heavy (non-hydrogen) atoms. The fourth-order valence-electron chi connectivity index (χ4n) is 1.48. The van der Waals surface area contributed by atoms with Gasteiger partial charge in [-0.15, -0.1) is 0 Å². The van der Waals surface area contributed by atoms with Crippen molar-refractivity contribution in [1.82, 2.24) is 9.97 Å². The van der Waals surface area contributed by atoms with Crippen LogP contribution in [0.4, 0.5) is 8.78 Å². The second-order valence-corrected chi connectivity index (χ2v) is 3.68. The lowest BCUT2D eigenvalue weighted by Gasteiger charge is -2.08. The molecule has 6 heteroatoms. The molecule has 0 aliphatic carbocycles. The van der Waals surface area contributed by atoms with Crippen LogP contribution in [0, 0.1) is 11.6 Å². The molecule has 1 heterocycles. The lowest BCUT2D eigenvalue weighted by Crippen LogP contribution is -2.14. The first-order chi connectivity index (χ1) is 8.61. The average Bonchev–Trinajstić information content (AvgIpc) is 2.40. The smallest absolute Gasteiger partial charge is 0.158 e. The van der Waals surface area contributed by atoms with Gasteiger partial charge in [-0.2, -0.15) is 0 Å². The molecule has 0 fully saturated rings. The molecule has 0 saturated heterocycles. The molecule has 4 nitrogen and oxygen atoms in total. The van der Waals surface area contributed by atoms with E-state index in [0.29, 0.717) is 0 Å². The molecule has 1 atom stereocenters. The summed E-state index contributed by atoms with van der Waals surface area (Å²) in [6.07, 6.45) is 0.336. The van der Waals surface area contributed by atoms with Crippen LogP contribution in [0.1, 0.15) is 11.9 Å². The Labute approximate surface area is 102 Å². The van der Waals surface area contributed by atoms with Gasteiger partial charge in [-0.1, -0.05) is 0 Å². The van der Waals surface area contributed by atoms with E-state index in [1.807, 2.05) is 0 Å². The number of aromatic nitrogens is 2. The average molecular weight is 251 g/mol. The van der Waals surface area contributed by atoms with Crippen molar-refractivity contribution in [2.24, 2.45) is 5.73 Å². The second kappa shape index (κ2) is 5.16. The van der Waals surface area contributed by atoms with E-state index >= 15 is 0 Å². The van der Waals surface area contributed by atoms with E-state index in [2.05, 4.69) is 9.97 Å². The molecule has 1 aromatic heterocycles. The number of nitrogens with zero attached hydrogens (tertiary/aromatic N) is 2. The van der Waals surface area contributed by atoms with Gasteiger partial charge in [0.15, 0.2) is 5.82 Å². The monoisotopic (exact) mass is 251 g/mol. The topological polar surface area (TPSA) is 72.0 Å². The van der Waals surface area contributed by atoms with Crippen molar-refractivity contribution < 1.29 is 13.9 Å². The zero-order valence-electron chi connectivity index (χ0n) is 9.35. The molecule has 0 aliphatic heterocycles. The van der Waals surface area contributed by atoms with E-state index in [4.69, 9.17) is 5.73 Å². The summed E-state index contributed by atoms with van der Waals surface area (Å²) in [6, 6.07) is 4.52. The number of halogens is 2. The SMILES string of the molecule is NCC(O)c1nccc(-c2cc(F)ccc2F)n1. The Bertz CT molecular complexity index is 563. The zero-order chi connectivity index (χ0) is 13.1. The van der Waals surface area contributed by atoms with Crippen molar-refractivity contribution in [1.29, 1.82) is 0 Å². The van der Waals surface area contributed by atoms with Crippen LogP contribution in [0.25, 0.3) is 11.3 Å². The normalized spacial score (nSPS) is 12.4. The summed E-state index contributed by atoms with van der Waals surface area (Å²) in [5, 5.41) is 9.51. The van der Waals surface area contributed by atoms with Gasteiger partial charge in [0.2, 0.25) is 0 Å². The fourth-order valence-corrected chi connectivity index (χ4v) is 1.48. The Morgan fingerprint density at radius 2 is 2.06 bits per heavy atom. The molecular weight excluding hydrogens is 240 g/mol. The molecule has 1 unspecified atom stereocenters. The van der Waals surface area contributed by atoms with Gasteiger partial charge >= 0.3 is 0 Å². The maximum atomic E-state index is 13.6. The number of hydrogen-bond donors (Lipinski definition) is 2. The molecule has 1 aromatic carbocycles. The Hall–Kier alpha value is -1.92. The van der Waals surface area contributed by atoms with Crippen molar-refractivity contribution in [3.63, 3.8) is 0 Å². The van der Waals surface area contributed by atoms with Gasteiger partial charge in [0.05, 0.1) is 5.69 Å². The van der Waals surface area contributed by atoms with E-state index in [-0.39, 0.29) is 23.6 Å². The molecule has 94 valence electrons. The molecule has 0 amide bonds. The van der Waals surface area contributed by atoms with Crippen LogP contribution < -0.4 is 5.73 Å². The van der Waals surface area contributed by atoms with Crippen molar-refractivity contribution in [3.05, 3.63) is 47.9 Å². The van der Waals surface area contributed by atoms with Gasteiger partial charge in [-0.3, -0.25) is 0 Å². The lowest BCUT2D eigenvalue weighted by molar-refractivity contribution is 0.176. The van der Waals surface area contributed by atoms with Crippen LogP contribution in [0.15, 0.2) is 30.5 Å². The predicted octanol–water partition coefficient (Wildman–Crippen LogP) is 1.41. The van der Waals surface area contributed by atoms with Crippen molar-refractivity contribution in [2.75, 3.05) is 6.54 Å². The Morgan fingerprint density at radius 3 is 2.78 bits per heavy atom. The molecule has 0 bridgehead atoms. The summed E-state index contributed by atoms with van der Waals surface area (Å²) in [5.41, 5.74) is 5.50. The molecule has 2 aromatic rings. The summed E-state index contributed by atoms with van der Waals surface area (Å²) in [5.74, 6) is -1.08. The third kappa shape index (κ3) is 2.49. The largest absolute Gasteiger partial charge is 0.384 e. The van der Waals surface area contributed by atoms with Gasteiger partial charge < -0.3 is 10.8 Å². The lowest BCUT2D eigenvalue weighted by atomic mass is 10.1. The Morgan fingerprint density at radius 1 is 1.28 bits per heavy atom. The highest BCUT2D eigenvalue weighted by Gasteiger charge is 2.12. The first-order valence-electron chi connectivity index (χ1n) is 5.28. The number of benzene rings is 1. The van der Waals surface area contributed by atoms with Crippen LogP contribution in [-0.2, 0) is 0 Å². The van der Waals surface area contributed by atoms with Gasteiger partial charge in [-0.05, 0) is 24.3 Å². The summed E-state index contributed by atoms with van der Waals surface area (Å²) in [7, 11) is 0. The maximum Gasteiger partial charge on any atom is 0.158 e. The predicted molar refractivity (Wildman–Crippen MR) is 61.4 cm³/mol. The summed E-state index contributed by atoms with van der Waals surface area (Å²) >= 11 is 0. The fraction of sp³-hybridized carbons (Fsp3) is 0.167. The number of aliphatic hydroxyl groups is 1. The number of rotatable bonds is 3. The quantitative estimate of drug-likeness (QED) is 0.865.